The smallest absolute Gasteiger partial charge is 0.118 e. The monoisotopic (exact) mass is 207 g/mol. The van der Waals surface area contributed by atoms with Crippen molar-refractivity contribution in [3.05, 3.63) is 29.3 Å². The highest BCUT2D eigenvalue weighted by molar-refractivity contribution is 5.36. The fourth-order valence-electron chi connectivity index (χ4n) is 1.59. The van der Waals surface area contributed by atoms with Crippen molar-refractivity contribution in [2.45, 2.75) is 39.7 Å². The Morgan fingerprint density at radius 3 is 2.47 bits per heavy atom. The lowest BCUT2D eigenvalue weighted by Crippen LogP contribution is -2.11. The number of hydrogen-bond acceptors (Lipinski definition) is 2. The first-order valence-electron chi connectivity index (χ1n) is 5.55. The summed E-state index contributed by atoms with van der Waals surface area (Å²) in [5.41, 5.74) is 8.09. The van der Waals surface area contributed by atoms with Crippen molar-refractivity contribution in [3.63, 3.8) is 0 Å². The molecule has 1 aromatic rings. The first-order chi connectivity index (χ1) is 7.00. The number of aryl methyl sites for hydroxylation is 1. The highest BCUT2D eigenvalue weighted by Crippen LogP contribution is 2.23. The molecule has 0 aliphatic rings. The predicted molar refractivity (Wildman–Crippen MR) is 63.8 cm³/mol. The summed E-state index contributed by atoms with van der Waals surface area (Å²) in [6, 6.07) is 5.69. The molecule has 84 valence electrons. The SMILES string of the molecule is Cc1cc([C@H](N)CCC(C)C)ccc1O. The van der Waals surface area contributed by atoms with Gasteiger partial charge in [-0.25, -0.2) is 0 Å². The van der Waals surface area contributed by atoms with Crippen LogP contribution in [0, 0.1) is 12.8 Å². The first kappa shape index (κ1) is 12.1. The van der Waals surface area contributed by atoms with Crippen LogP contribution in [-0.2, 0) is 0 Å². The molecule has 0 aliphatic heterocycles. The zero-order valence-corrected chi connectivity index (χ0v) is 9.83. The molecule has 0 spiro atoms. The molecule has 0 unspecified atom stereocenters. The summed E-state index contributed by atoms with van der Waals surface area (Å²) in [6.45, 7) is 6.30. The van der Waals surface area contributed by atoms with Crippen molar-refractivity contribution < 1.29 is 5.11 Å². The maximum Gasteiger partial charge on any atom is 0.118 e. The van der Waals surface area contributed by atoms with E-state index in [4.69, 9.17) is 5.73 Å². The molecular weight excluding hydrogens is 186 g/mol. The Bertz CT molecular complexity index is 320. The number of phenols is 1. The van der Waals surface area contributed by atoms with Crippen molar-refractivity contribution in [1.29, 1.82) is 0 Å². The molecule has 1 aromatic carbocycles. The summed E-state index contributed by atoms with van der Waals surface area (Å²) >= 11 is 0. The lowest BCUT2D eigenvalue weighted by molar-refractivity contribution is 0.469. The van der Waals surface area contributed by atoms with Crippen molar-refractivity contribution >= 4 is 0 Å². The van der Waals surface area contributed by atoms with Crippen LogP contribution in [0.25, 0.3) is 0 Å². The summed E-state index contributed by atoms with van der Waals surface area (Å²) in [6.07, 6.45) is 2.14. The molecule has 0 saturated heterocycles. The Morgan fingerprint density at radius 1 is 1.27 bits per heavy atom. The van der Waals surface area contributed by atoms with E-state index in [-0.39, 0.29) is 6.04 Å². The Kier molecular flexibility index (Phi) is 4.15. The molecule has 0 radical (unpaired) electrons. The van der Waals surface area contributed by atoms with Gasteiger partial charge in [0.1, 0.15) is 5.75 Å². The van der Waals surface area contributed by atoms with Crippen LogP contribution in [0.1, 0.15) is 43.9 Å². The van der Waals surface area contributed by atoms with Gasteiger partial charge in [0.2, 0.25) is 0 Å². The van der Waals surface area contributed by atoms with Crippen LogP contribution in [0.2, 0.25) is 0 Å². The molecule has 0 heterocycles. The van der Waals surface area contributed by atoms with E-state index in [1.807, 2.05) is 19.1 Å². The third-order valence-electron chi connectivity index (χ3n) is 2.70. The minimum atomic E-state index is 0.0895. The van der Waals surface area contributed by atoms with Crippen LogP contribution < -0.4 is 5.73 Å². The Balaban J connectivity index is 2.65. The van der Waals surface area contributed by atoms with E-state index in [0.717, 1.165) is 24.0 Å². The zero-order valence-electron chi connectivity index (χ0n) is 9.83. The quantitative estimate of drug-likeness (QED) is 0.796. The number of hydrogen-bond donors (Lipinski definition) is 2. The number of nitrogens with two attached hydrogens (primary N) is 1. The molecule has 3 N–H and O–H groups in total. The van der Waals surface area contributed by atoms with Crippen molar-refractivity contribution in [2.24, 2.45) is 11.7 Å². The second-order valence-electron chi connectivity index (χ2n) is 4.62. The van der Waals surface area contributed by atoms with Gasteiger partial charge in [-0.1, -0.05) is 26.0 Å². The van der Waals surface area contributed by atoms with Gasteiger partial charge in [-0.15, -0.1) is 0 Å². The van der Waals surface area contributed by atoms with E-state index < -0.39 is 0 Å². The van der Waals surface area contributed by atoms with Gasteiger partial charge < -0.3 is 10.8 Å². The van der Waals surface area contributed by atoms with E-state index in [2.05, 4.69) is 13.8 Å². The van der Waals surface area contributed by atoms with Crippen LogP contribution in [0.4, 0.5) is 0 Å². The third kappa shape index (κ3) is 3.56. The fourth-order valence-corrected chi connectivity index (χ4v) is 1.59. The highest BCUT2D eigenvalue weighted by atomic mass is 16.3. The number of phenolic OH excluding ortho intramolecular Hbond substituents is 1. The third-order valence-corrected chi connectivity index (χ3v) is 2.70. The van der Waals surface area contributed by atoms with Gasteiger partial charge in [-0.3, -0.25) is 0 Å². The number of benzene rings is 1. The molecule has 0 saturated carbocycles. The van der Waals surface area contributed by atoms with Crippen LogP contribution in [0.15, 0.2) is 18.2 Å². The molecule has 0 aromatic heterocycles. The van der Waals surface area contributed by atoms with Gasteiger partial charge in [0.25, 0.3) is 0 Å². The maximum atomic E-state index is 9.40. The largest absolute Gasteiger partial charge is 0.508 e. The summed E-state index contributed by atoms with van der Waals surface area (Å²) in [5.74, 6) is 1.03. The molecule has 1 rings (SSSR count). The van der Waals surface area contributed by atoms with Gasteiger partial charge in [0, 0.05) is 6.04 Å². The van der Waals surface area contributed by atoms with Crippen LogP contribution in [0.3, 0.4) is 0 Å². The van der Waals surface area contributed by atoms with Gasteiger partial charge >= 0.3 is 0 Å². The summed E-state index contributed by atoms with van der Waals surface area (Å²) in [5, 5.41) is 9.40. The summed E-state index contributed by atoms with van der Waals surface area (Å²) in [7, 11) is 0. The van der Waals surface area contributed by atoms with E-state index in [0.29, 0.717) is 11.7 Å². The second kappa shape index (κ2) is 5.17. The van der Waals surface area contributed by atoms with E-state index in [1.54, 1.807) is 6.07 Å². The zero-order chi connectivity index (χ0) is 11.4. The Hall–Kier alpha value is -1.02. The van der Waals surface area contributed by atoms with Gasteiger partial charge in [-0.05, 0) is 42.9 Å². The van der Waals surface area contributed by atoms with Gasteiger partial charge in [0.05, 0.1) is 0 Å². The van der Waals surface area contributed by atoms with E-state index in [1.165, 1.54) is 0 Å². The number of rotatable bonds is 4. The molecule has 2 heteroatoms. The normalized spacial score (nSPS) is 13.1. The highest BCUT2D eigenvalue weighted by Gasteiger charge is 2.08. The average Bonchev–Trinajstić information content (AvgIpc) is 2.18. The van der Waals surface area contributed by atoms with Crippen molar-refractivity contribution in [3.8, 4) is 5.75 Å². The molecular formula is C13H21NO. The molecule has 0 bridgehead atoms. The minimum Gasteiger partial charge on any atom is -0.508 e. The topological polar surface area (TPSA) is 46.2 Å². The maximum absolute atomic E-state index is 9.40. The fraction of sp³-hybridized carbons (Fsp3) is 0.538. The molecule has 0 aliphatic carbocycles. The molecule has 15 heavy (non-hydrogen) atoms. The summed E-state index contributed by atoms with van der Waals surface area (Å²) < 4.78 is 0. The lowest BCUT2D eigenvalue weighted by Gasteiger charge is -2.14. The molecule has 1 atom stereocenters. The van der Waals surface area contributed by atoms with Crippen LogP contribution in [-0.4, -0.2) is 5.11 Å². The lowest BCUT2D eigenvalue weighted by atomic mass is 9.97. The first-order valence-corrected chi connectivity index (χ1v) is 5.55. The summed E-state index contributed by atoms with van der Waals surface area (Å²) in [4.78, 5) is 0. The van der Waals surface area contributed by atoms with Gasteiger partial charge in [-0.2, -0.15) is 0 Å². The van der Waals surface area contributed by atoms with Crippen molar-refractivity contribution in [1.82, 2.24) is 0 Å². The molecule has 0 amide bonds. The Morgan fingerprint density at radius 2 is 1.93 bits per heavy atom. The van der Waals surface area contributed by atoms with Crippen LogP contribution >= 0.6 is 0 Å². The number of aromatic hydroxyl groups is 1. The van der Waals surface area contributed by atoms with Crippen molar-refractivity contribution in [2.75, 3.05) is 0 Å². The Labute approximate surface area is 92.1 Å². The second-order valence-corrected chi connectivity index (χ2v) is 4.62. The van der Waals surface area contributed by atoms with E-state index in [9.17, 15) is 5.11 Å². The molecule has 0 fully saturated rings. The van der Waals surface area contributed by atoms with Gasteiger partial charge in [0.15, 0.2) is 0 Å². The molecule has 2 nitrogen and oxygen atoms in total. The van der Waals surface area contributed by atoms with E-state index >= 15 is 0 Å². The average molecular weight is 207 g/mol. The minimum absolute atomic E-state index is 0.0895. The predicted octanol–water partition coefficient (Wildman–Crippen LogP) is 3.14. The standard InChI is InChI=1S/C13H21NO/c1-9(2)4-6-12(14)11-5-7-13(15)10(3)8-11/h5,7-9,12,15H,4,6,14H2,1-3H3/t12-/m1/s1. The van der Waals surface area contributed by atoms with Crippen LogP contribution in [0.5, 0.6) is 5.75 Å².